The summed E-state index contributed by atoms with van der Waals surface area (Å²) in [6.45, 7) is 0. The Morgan fingerprint density at radius 1 is 1.56 bits per heavy atom. The number of methoxy groups -OCH3 is 1. The molecule has 0 radical (unpaired) electrons. The van der Waals surface area contributed by atoms with Crippen LogP contribution in [0.15, 0.2) is 24.3 Å². The molecule has 1 rings (SSSR count). The molecule has 0 fully saturated rings. The molecule has 6 heteroatoms. The largest absolute Gasteiger partial charge is 0.508 e. The number of ether oxygens (including phenoxy) is 1. The lowest BCUT2D eigenvalue weighted by Gasteiger charge is -2.25. The summed E-state index contributed by atoms with van der Waals surface area (Å²) in [7, 11) is 0.967. The first-order valence-electron chi connectivity index (χ1n) is 4.38. The number of halogens is 2. The summed E-state index contributed by atoms with van der Waals surface area (Å²) in [5.74, 6) is -1.51. The van der Waals surface area contributed by atoms with Gasteiger partial charge < -0.3 is 15.6 Å². The topological polar surface area (TPSA) is 72.5 Å². The normalized spacial score (nSPS) is 14.6. The molecule has 0 amide bonds. The maximum Gasteiger partial charge on any atom is 0.336 e. The second kappa shape index (κ2) is 4.44. The second-order valence-electron chi connectivity index (χ2n) is 3.21. The predicted molar refractivity (Wildman–Crippen MR) is 52.0 cm³/mol. The number of nitrogens with two attached hydrogens (primary N) is 1. The van der Waals surface area contributed by atoms with E-state index in [0.717, 1.165) is 13.2 Å². The summed E-state index contributed by atoms with van der Waals surface area (Å²) in [5.41, 5.74) is 2.59. The average Bonchev–Trinajstić information content (AvgIpc) is 2.26. The third kappa shape index (κ3) is 1.96. The van der Waals surface area contributed by atoms with Crippen LogP contribution >= 0.6 is 0 Å². The summed E-state index contributed by atoms with van der Waals surface area (Å²) in [6.07, 6.45) is -3.14. The van der Waals surface area contributed by atoms with Gasteiger partial charge in [0.15, 0.2) is 0 Å². The van der Waals surface area contributed by atoms with Crippen LogP contribution in [0.1, 0.15) is 5.56 Å². The molecule has 0 saturated carbocycles. The van der Waals surface area contributed by atoms with E-state index in [-0.39, 0.29) is 11.3 Å². The summed E-state index contributed by atoms with van der Waals surface area (Å²) in [6, 6.07) is 4.83. The number of carbonyl (C=O) groups excluding carboxylic acids is 1. The van der Waals surface area contributed by atoms with E-state index >= 15 is 0 Å². The minimum Gasteiger partial charge on any atom is -0.508 e. The van der Waals surface area contributed by atoms with Gasteiger partial charge in [-0.15, -0.1) is 0 Å². The van der Waals surface area contributed by atoms with Crippen molar-refractivity contribution in [1.82, 2.24) is 0 Å². The number of rotatable bonds is 3. The van der Waals surface area contributed by atoms with Crippen LogP contribution in [0.2, 0.25) is 0 Å². The summed E-state index contributed by atoms with van der Waals surface area (Å²) in [4.78, 5) is 11.3. The molecule has 1 aromatic carbocycles. The van der Waals surface area contributed by atoms with Crippen molar-refractivity contribution in [2.75, 3.05) is 7.11 Å². The van der Waals surface area contributed by atoms with Crippen LogP contribution in [0, 0.1) is 0 Å². The molecule has 0 bridgehead atoms. The maximum absolute atomic E-state index is 12.8. The van der Waals surface area contributed by atoms with Crippen molar-refractivity contribution < 1.29 is 23.4 Å². The van der Waals surface area contributed by atoms with E-state index in [2.05, 4.69) is 4.74 Å². The fourth-order valence-electron chi connectivity index (χ4n) is 1.27. The zero-order chi connectivity index (χ0) is 12.3. The number of benzene rings is 1. The molecule has 1 atom stereocenters. The number of aromatic hydroxyl groups is 1. The van der Waals surface area contributed by atoms with Gasteiger partial charge in [-0.3, -0.25) is 0 Å². The molecule has 1 aromatic rings. The van der Waals surface area contributed by atoms with E-state index in [1.807, 2.05) is 0 Å². The van der Waals surface area contributed by atoms with E-state index < -0.39 is 17.9 Å². The van der Waals surface area contributed by atoms with Crippen molar-refractivity contribution in [3.05, 3.63) is 29.8 Å². The molecule has 0 saturated heterocycles. The molecule has 16 heavy (non-hydrogen) atoms. The molecule has 0 heterocycles. The van der Waals surface area contributed by atoms with E-state index in [9.17, 15) is 13.6 Å². The van der Waals surface area contributed by atoms with Gasteiger partial charge in [0.2, 0.25) is 5.54 Å². The number of esters is 1. The maximum atomic E-state index is 12.8. The number of hydrogen-bond donors (Lipinski definition) is 2. The standard InChI is InChI=1S/C10H11F2NO3/c1-16-9(15)10(13,8(11)12)6-3-2-4-7(14)5-6/h2-5,8,14H,13H2,1H3. The van der Waals surface area contributed by atoms with Gasteiger partial charge in [0.05, 0.1) is 7.11 Å². The number of hydrogen-bond acceptors (Lipinski definition) is 4. The summed E-state index contributed by atoms with van der Waals surface area (Å²) < 4.78 is 29.9. The highest BCUT2D eigenvalue weighted by Gasteiger charge is 2.46. The molecule has 0 aromatic heterocycles. The Hall–Kier alpha value is -1.69. The van der Waals surface area contributed by atoms with E-state index in [4.69, 9.17) is 10.8 Å². The van der Waals surface area contributed by atoms with Crippen molar-refractivity contribution in [3.8, 4) is 5.75 Å². The van der Waals surface area contributed by atoms with Crippen LogP contribution in [0.5, 0.6) is 5.75 Å². The first kappa shape index (κ1) is 12.4. The van der Waals surface area contributed by atoms with Gasteiger partial charge in [-0.2, -0.15) is 0 Å². The van der Waals surface area contributed by atoms with Crippen molar-refractivity contribution in [2.24, 2.45) is 5.73 Å². The molecule has 0 aliphatic carbocycles. The second-order valence-corrected chi connectivity index (χ2v) is 3.21. The number of phenols is 1. The van der Waals surface area contributed by atoms with E-state index in [1.54, 1.807) is 0 Å². The number of carbonyl (C=O) groups is 1. The molecule has 1 unspecified atom stereocenters. The Balaban J connectivity index is 3.27. The van der Waals surface area contributed by atoms with Gasteiger partial charge in [0, 0.05) is 0 Å². The van der Waals surface area contributed by atoms with Crippen molar-refractivity contribution in [2.45, 2.75) is 12.0 Å². The Bertz CT molecular complexity index is 397. The van der Waals surface area contributed by atoms with Gasteiger partial charge in [-0.25, -0.2) is 13.6 Å². The number of alkyl halides is 2. The number of phenolic OH excluding ortho intramolecular Hbond substituents is 1. The lowest BCUT2D eigenvalue weighted by molar-refractivity contribution is -0.154. The van der Waals surface area contributed by atoms with Crippen LogP contribution in [-0.4, -0.2) is 24.6 Å². The molecule has 0 aliphatic rings. The van der Waals surface area contributed by atoms with Gasteiger partial charge >= 0.3 is 5.97 Å². The molecule has 88 valence electrons. The molecule has 3 N–H and O–H groups in total. The van der Waals surface area contributed by atoms with Crippen molar-refractivity contribution in [3.63, 3.8) is 0 Å². The van der Waals surface area contributed by atoms with Crippen LogP contribution in [-0.2, 0) is 15.1 Å². The molecular weight excluding hydrogens is 220 g/mol. The van der Waals surface area contributed by atoms with Gasteiger partial charge in [0.25, 0.3) is 6.43 Å². The highest BCUT2D eigenvalue weighted by atomic mass is 19.3. The van der Waals surface area contributed by atoms with Crippen LogP contribution in [0.25, 0.3) is 0 Å². The first-order valence-corrected chi connectivity index (χ1v) is 4.38. The lowest BCUT2D eigenvalue weighted by atomic mass is 9.91. The first-order chi connectivity index (χ1) is 7.42. The minimum absolute atomic E-state index is 0.200. The third-order valence-electron chi connectivity index (χ3n) is 2.19. The monoisotopic (exact) mass is 231 g/mol. The predicted octanol–water partition coefficient (Wildman–Crippen LogP) is 0.984. The quantitative estimate of drug-likeness (QED) is 0.761. The lowest BCUT2D eigenvalue weighted by Crippen LogP contribution is -2.51. The smallest absolute Gasteiger partial charge is 0.336 e. The van der Waals surface area contributed by atoms with E-state index in [0.29, 0.717) is 0 Å². The third-order valence-corrected chi connectivity index (χ3v) is 2.19. The average molecular weight is 231 g/mol. The fraction of sp³-hybridized carbons (Fsp3) is 0.300. The van der Waals surface area contributed by atoms with Crippen LogP contribution in [0.4, 0.5) is 8.78 Å². The Morgan fingerprint density at radius 2 is 2.19 bits per heavy atom. The van der Waals surface area contributed by atoms with Gasteiger partial charge in [-0.05, 0) is 17.7 Å². The molecular formula is C10H11F2NO3. The molecule has 4 nitrogen and oxygen atoms in total. The minimum atomic E-state index is -3.14. The highest BCUT2D eigenvalue weighted by molar-refractivity contribution is 5.83. The van der Waals surface area contributed by atoms with Crippen LogP contribution < -0.4 is 5.73 Å². The van der Waals surface area contributed by atoms with Gasteiger partial charge in [0.1, 0.15) is 5.75 Å². The fourth-order valence-corrected chi connectivity index (χ4v) is 1.27. The SMILES string of the molecule is COC(=O)C(N)(c1cccc(O)c1)C(F)F. The summed E-state index contributed by atoms with van der Waals surface area (Å²) in [5, 5.41) is 9.16. The van der Waals surface area contributed by atoms with E-state index in [1.165, 1.54) is 18.2 Å². The van der Waals surface area contributed by atoms with Gasteiger partial charge in [-0.1, -0.05) is 12.1 Å². The zero-order valence-corrected chi connectivity index (χ0v) is 8.48. The molecule has 0 aliphatic heterocycles. The Labute approximate surface area is 90.6 Å². The van der Waals surface area contributed by atoms with Crippen molar-refractivity contribution >= 4 is 5.97 Å². The molecule has 0 spiro atoms. The zero-order valence-electron chi connectivity index (χ0n) is 8.48. The Morgan fingerprint density at radius 3 is 2.62 bits per heavy atom. The van der Waals surface area contributed by atoms with Crippen molar-refractivity contribution in [1.29, 1.82) is 0 Å². The Kier molecular flexibility index (Phi) is 3.44. The summed E-state index contributed by atoms with van der Waals surface area (Å²) >= 11 is 0. The van der Waals surface area contributed by atoms with Crippen LogP contribution in [0.3, 0.4) is 0 Å². The highest BCUT2D eigenvalue weighted by Crippen LogP contribution is 2.29.